The lowest BCUT2D eigenvalue weighted by Crippen LogP contribution is -2.33. The summed E-state index contributed by atoms with van der Waals surface area (Å²) in [5.41, 5.74) is 3.88. The highest BCUT2D eigenvalue weighted by atomic mass is 32.1. The molecular formula is C26H29N3O2S. The molecule has 1 saturated carbocycles. The van der Waals surface area contributed by atoms with Crippen LogP contribution < -0.4 is 10.2 Å². The van der Waals surface area contributed by atoms with Gasteiger partial charge in [-0.05, 0) is 60.5 Å². The Balaban J connectivity index is 1.68. The SMILES string of the molecule is C[C@H](c1ccccc1)N(Cc1cc(NC(=O)C2CC2)ccc1N(C)C)C(=O)c1cccs1. The molecule has 0 radical (unpaired) electrons. The van der Waals surface area contributed by atoms with Crippen molar-refractivity contribution in [1.29, 1.82) is 0 Å². The molecule has 0 bridgehead atoms. The van der Waals surface area contributed by atoms with E-state index in [1.807, 2.05) is 77.8 Å². The highest BCUT2D eigenvalue weighted by Gasteiger charge is 2.30. The summed E-state index contributed by atoms with van der Waals surface area (Å²) in [6.45, 7) is 2.50. The van der Waals surface area contributed by atoms with E-state index in [2.05, 4.69) is 24.4 Å². The molecule has 1 aromatic heterocycles. The molecule has 1 fully saturated rings. The number of rotatable bonds is 8. The maximum Gasteiger partial charge on any atom is 0.264 e. The predicted molar refractivity (Wildman–Crippen MR) is 131 cm³/mol. The molecule has 3 aromatic rings. The first kappa shape index (κ1) is 22.1. The summed E-state index contributed by atoms with van der Waals surface area (Å²) in [6, 6.07) is 19.7. The van der Waals surface area contributed by atoms with Crippen LogP contribution in [0, 0.1) is 5.92 Å². The first-order valence-electron chi connectivity index (χ1n) is 10.9. The lowest BCUT2D eigenvalue weighted by Gasteiger charge is -2.31. The van der Waals surface area contributed by atoms with Gasteiger partial charge in [-0.2, -0.15) is 0 Å². The molecule has 1 aliphatic rings. The fourth-order valence-corrected chi connectivity index (χ4v) is 4.52. The Morgan fingerprint density at radius 2 is 1.81 bits per heavy atom. The highest BCUT2D eigenvalue weighted by Crippen LogP contribution is 2.33. The number of nitrogens with zero attached hydrogens (tertiary/aromatic N) is 2. The number of thiophene rings is 1. The second-order valence-corrected chi connectivity index (χ2v) is 9.45. The van der Waals surface area contributed by atoms with Gasteiger partial charge in [0, 0.05) is 37.9 Å². The van der Waals surface area contributed by atoms with Crippen LogP contribution in [0.2, 0.25) is 0 Å². The zero-order chi connectivity index (χ0) is 22.7. The monoisotopic (exact) mass is 447 g/mol. The van der Waals surface area contributed by atoms with Crippen LogP contribution in [0.5, 0.6) is 0 Å². The minimum atomic E-state index is -0.106. The third-order valence-corrected chi connectivity index (χ3v) is 6.72. The number of benzene rings is 2. The van der Waals surface area contributed by atoms with E-state index in [1.165, 1.54) is 11.3 Å². The quantitative estimate of drug-likeness (QED) is 0.491. The van der Waals surface area contributed by atoms with Crippen LogP contribution in [0.3, 0.4) is 0 Å². The van der Waals surface area contributed by atoms with Gasteiger partial charge < -0.3 is 15.1 Å². The van der Waals surface area contributed by atoms with Crippen molar-refractivity contribution in [3.05, 3.63) is 82.0 Å². The van der Waals surface area contributed by atoms with Gasteiger partial charge in [0.05, 0.1) is 10.9 Å². The molecule has 0 aliphatic heterocycles. The lowest BCUT2D eigenvalue weighted by atomic mass is 10.0. The zero-order valence-electron chi connectivity index (χ0n) is 18.7. The fraction of sp³-hybridized carbons (Fsp3) is 0.308. The summed E-state index contributed by atoms with van der Waals surface area (Å²) in [5.74, 6) is 0.230. The normalized spacial score (nSPS) is 14.0. The van der Waals surface area contributed by atoms with Gasteiger partial charge >= 0.3 is 0 Å². The van der Waals surface area contributed by atoms with Gasteiger partial charge in [-0.1, -0.05) is 36.4 Å². The van der Waals surface area contributed by atoms with Crippen molar-refractivity contribution in [2.24, 2.45) is 5.92 Å². The van der Waals surface area contributed by atoms with E-state index in [0.717, 1.165) is 40.2 Å². The molecule has 2 amide bonds. The second kappa shape index (κ2) is 9.57. The zero-order valence-corrected chi connectivity index (χ0v) is 19.6. The number of hydrogen-bond donors (Lipinski definition) is 1. The van der Waals surface area contributed by atoms with Crippen molar-refractivity contribution in [1.82, 2.24) is 4.90 Å². The van der Waals surface area contributed by atoms with Crippen molar-refractivity contribution in [3.63, 3.8) is 0 Å². The Morgan fingerprint density at radius 3 is 2.44 bits per heavy atom. The van der Waals surface area contributed by atoms with Crippen LogP contribution in [0.25, 0.3) is 0 Å². The minimum absolute atomic E-state index is 0.00785. The fourth-order valence-electron chi connectivity index (χ4n) is 3.84. The summed E-state index contributed by atoms with van der Waals surface area (Å²) >= 11 is 1.46. The van der Waals surface area contributed by atoms with E-state index in [9.17, 15) is 9.59 Å². The molecular weight excluding hydrogens is 418 g/mol. The molecule has 6 heteroatoms. The van der Waals surface area contributed by atoms with Gasteiger partial charge in [0.2, 0.25) is 5.91 Å². The van der Waals surface area contributed by atoms with Crippen molar-refractivity contribution >= 4 is 34.5 Å². The average Bonchev–Trinajstić information content (AvgIpc) is 3.51. The van der Waals surface area contributed by atoms with Crippen LogP contribution in [-0.4, -0.2) is 30.8 Å². The molecule has 1 N–H and O–H groups in total. The summed E-state index contributed by atoms with van der Waals surface area (Å²) in [7, 11) is 3.99. The maximum atomic E-state index is 13.5. The molecule has 4 rings (SSSR count). The number of hydrogen-bond acceptors (Lipinski definition) is 4. The maximum absolute atomic E-state index is 13.5. The molecule has 0 spiro atoms. The van der Waals surface area contributed by atoms with Gasteiger partial charge in [-0.3, -0.25) is 9.59 Å². The smallest absolute Gasteiger partial charge is 0.264 e. The summed E-state index contributed by atoms with van der Waals surface area (Å²) in [4.78, 5) is 30.5. The molecule has 2 aromatic carbocycles. The van der Waals surface area contributed by atoms with Crippen molar-refractivity contribution < 1.29 is 9.59 Å². The van der Waals surface area contributed by atoms with Gasteiger partial charge in [0.25, 0.3) is 5.91 Å². The van der Waals surface area contributed by atoms with Gasteiger partial charge in [-0.15, -0.1) is 11.3 Å². The van der Waals surface area contributed by atoms with E-state index in [1.54, 1.807) is 0 Å². The number of amides is 2. The number of nitrogens with one attached hydrogen (secondary N) is 1. The Morgan fingerprint density at radius 1 is 1.06 bits per heavy atom. The van der Waals surface area contributed by atoms with E-state index in [4.69, 9.17) is 0 Å². The topological polar surface area (TPSA) is 52.7 Å². The molecule has 5 nitrogen and oxygen atoms in total. The molecule has 0 unspecified atom stereocenters. The second-order valence-electron chi connectivity index (χ2n) is 8.50. The van der Waals surface area contributed by atoms with Gasteiger partial charge in [0.1, 0.15) is 0 Å². The Labute approximate surface area is 193 Å². The molecule has 1 aliphatic carbocycles. The van der Waals surface area contributed by atoms with Crippen LogP contribution >= 0.6 is 11.3 Å². The van der Waals surface area contributed by atoms with Crippen molar-refractivity contribution in [2.75, 3.05) is 24.3 Å². The standard InChI is InChI=1S/C26H29N3O2S/c1-18(19-8-5-4-6-9-19)29(26(31)24-10-7-15-32-24)17-21-16-22(13-14-23(21)28(2)3)27-25(30)20-11-12-20/h4-10,13-16,18,20H,11-12,17H2,1-3H3,(H,27,30)/t18-/m1/s1. The lowest BCUT2D eigenvalue weighted by molar-refractivity contribution is -0.117. The van der Waals surface area contributed by atoms with Crippen molar-refractivity contribution in [3.8, 4) is 0 Å². The Kier molecular flexibility index (Phi) is 6.61. The Bertz CT molecular complexity index is 1080. The van der Waals surface area contributed by atoms with E-state index in [-0.39, 0.29) is 23.8 Å². The molecule has 32 heavy (non-hydrogen) atoms. The van der Waals surface area contributed by atoms with Gasteiger partial charge in [-0.25, -0.2) is 0 Å². The summed E-state index contributed by atoms with van der Waals surface area (Å²) in [5, 5.41) is 4.97. The third kappa shape index (κ3) is 5.02. The molecule has 1 heterocycles. The summed E-state index contributed by atoms with van der Waals surface area (Å²) in [6.07, 6.45) is 1.93. The van der Waals surface area contributed by atoms with Crippen LogP contribution in [-0.2, 0) is 11.3 Å². The first-order chi connectivity index (χ1) is 15.4. The van der Waals surface area contributed by atoms with Crippen molar-refractivity contribution in [2.45, 2.75) is 32.4 Å². The van der Waals surface area contributed by atoms with E-state index >= 15 is 0 Å². The van der Waals surface area contributed by atoms with E-state index in [0.29, 0.717) is 6.54 Å². The van der Waals surface area contributed by atoms with Crippen LogP contribution in [0.4, 0.5) is 11.4 Å². The average molecular weight is 448 g/mol. The van der Waals surface area contributed by atoms with Gasteiger partial charge in [0.15, 0.2) is 0 Å². The largest absolute Gasteiger partial charge is 0.377 e. The number of carbonyl (C=O) groups excluding carboxylic acids is 2. The molecule has 166 valence electrons. The van der Waals surface area contributed by atoms with Crippen LogP contribution in [0.1, 0.15) is 46.6 Å². The summed E-state index contributed by atoms with van der Waals surface area (Å²) < 4.78 is 0. The Hall–Kier alpha value is -3.12. The first-order valence-corrected chi connectivity index (χ1v) is 11.8. The van der Waals surface area contributed by atoms with Crippen LogP contribution in [0.15, 0.2) is 66.0 Å². The molecule has 1 atom stereocenters. The number of anilines is 2. The highest BCUT2D eigenvalue weighted by molar-refractivity contribution is 7.12. The van der Waals surface area contributed by atoms with E-state index < -0.39 is 0 Å². The predicted octanol–water partition coefficient (Wildman–Crippen LogP) is 5.57. The number of carbonyl (C=O) groups is 2. The minimum Gasteiger partial charge on any atom is -0.377 e. The molecule has 0 saturated heterocycles. The third-order valence-electron chi connectivity index (χ3n) is 5.86.